The van der Waals surface area contributed by atoms with E-state index in [0.717, 1.165) is 12.3 Å². The summed E-state index contributed by atoms with van der Waals surface area (Å²) in [6.45, 7) is 0.824. The van der Waals surface area contributed by atoms with Gasteiger partial charge in [-0.25, -0.2) is 21.6 Å². The number of amides is 1. The molecule has 1 aromatic rings. The fourth-order valence-corrected chi connectivity index (χ4v) is 2.43. The molecule has 20 heavy (non-hydrogen) atoms. The van der Waals surface area contributed by atoms with E-state index < -0.39 is 39.1 Å². The monoisotopic (exact) mass is 310 g/mol. The summed E-state index contributed by atoms with van der Waals surface area (Å²) in [6, 6.07) is 1.45. The number of sulfonamides is 1. The van der Waals surface area contributed by atoms with E-state index in [-0.39, 0.29) is 13.1 Å². The number of anilines is 1. The van der Waals surface area contributed by atoms with Gasteiger partial charge in [0.15, 0.2) is 17.5 Å². The van der Waals surface area contributed by atoms with Crippen LogP contribution in [0.15, 0.2) is 12.1 Å². The zero-order valence-electron chi connectivity index (χ0n) is 10.8. The number of nitrogens with one attached hydrogen (secondary N) is 1. The highest BCUT2D eigenvalue weighted by molar-refractivity contribution is 7.92. The second-order valence-corrected chi connectivity index (χ2v) is 5.92. The summed E-state index contributed by atoms with van der Waals surface area (Å²) in [6.07, 6.45) is 0.793. The Labute approximate surface area is 114 Å². The molecule has 0 heterocycles. The maximum Gasteiger partial charge on any atom is 0.232 e. The van der Waals surface area contributed by atoms with Gasteiger partial charge in [-0.05, 0) is 12.1 Å². The van der Waals surface area contributed by atoms with Crippen molar-refractivity contribution in [2.45, 2.75) is 6.92 Å². The first-order valence-corrected chi connectivity index (χ1v) is 7.35. The molecule has 0 saturated heterocycles. The Morgan fingerprint density at radius 1 is 1.25 bits per heavy atom. The zero-order chi connectivity index (χ0) is 15.5. The van der Waals surface area contributed by atoms with Gasteiger partial charge in [-0.3, -0.25) is 9.10 Å². The largest absolute Gasteiger partial charge is 0.355 e. The number of carbonyl (C=O) groups excluding carboxylic acids is 1. The van der Waals surface area contributed by atoms with E-state index in [0.29, 0.717) is 10.4 Å². The molecule has 1 aromatic carbocycles. The molecule has 0 spiro atoms. The van der Waals surface area contributed by atoms with Gasteiger partial charge in [-0.2, -0.15) is 0 Å². The van der Waals surface area contributed by atoms with Crippen LogP contribution in [0.2, 0.25) is 0 Å². The van der Waals surface area contributed by atoms with Gasteiger partial charge in [0.1, 0.15) is 0 Å². The third kappa shape index (κ3) is 3.86. The van der Waals surface area contributed by atoms with Crippen molar-refractivity contribution in [2.24, 2.45) is 0 Å². The first kappa shape index (κ1) is 16.3. The van der Waals surface area contributed by atoms with Crippen LogP contribution in [-0.4, -0.2) is 33.7 Å². The molecule has 112 valence electrons. The van der Waals surface area contributed by atoms with Crippen LogP contribution in [0.1, 0.15) is 6.92 Å². The van der Waals surface area contributed by atoms with Crippen molar-refractivity contribution in [3.63, 3.8) is 0 Å². The smallest absolute Gasteiger partial charge is 0.232 e. The topological polar surface area (TPSA) is 66.5 Å². The second-order valence-electron chi connectivity index (χ2n) is 4.01. The minimum Gasteiger partial charge on any atom is -0.355 e. The molecular formula is C11H13F3N2O3S. The van der Waals surface area contributed by atoms with Crippen LogP contribution in [0.25, 0.3) is 0 Å². The number of rotatable bonds is 5. The normalized spacial score (nSPS) is 11.2. The van der Waals surface area contributed by atoms with E-state index in [9.17, 15) is 26.4 Å². The van der Waals surface area contributed by atoms with Gasteiger partial charge in [0.2, 0.25) is 15.9 Å². The summed E-state index contributed by atoms with van der Waals surface area (Å²) in [5.74, 6) is -5.17. The molecule has 1 rings (SSSR count). The SMILES string of the molecule is CC(=O)NCCN(c1ccc(F)c(F)c1F)S(C)(=O)=O. The van der Waals surface area contributed by atoms with Crippen LogP contribution in [0.4, 0.5) is 18.9 Å². The van der Waals surface area contributed by atoms with Gasteiger partial charge in [0.25, 0.3) is 0 Å². The molecule has 0 aliphatic heterocycles. The summed E-state index contributed by atoms with van der Waals surface area (Å²) in [4.78, 5) is 10.7. The Morgan fingerprint density at radius 3 is 2.35 bits per heavy atom. The van der Waals surface area contributed by atoms with E-state index in [1.54, 1.807) is 0 Å². The van der Waals surface area contributed by atoms with Gasteiger partial charge in [0.05, 0.1) is 18.5 Å². The molecule has 0 saturated carbocycles. The molecule has 0 bridgehead atoms. The van der Waals surface area contributed by atoms with Crippen molar-refractivity contribution in [1.82, 2.24) is 5.32 Å². The highest BCUT2D eigenvalue weighted by atomic mass is 32.2. The predicted octanol–water partition coefficient (Wildman–Crippen LogP) is 1.01. The third-order valence-electron chi connectivity index (χ3n) is 2.37. The van der Waals surface area contributed by atoms with Crippen molar-refractivity contribution in [2.75, 3.05) is 23.7 Å². The van der Waals surface area contributed by atoms with Gasteiger partial charge in [0, 0.05) is 13.5 Å². The Bertz CT molecular complexity index is 620. The molecule has 0 aromatic heterocycles. The second kappa shape index (κ2) is 6.12. The molecule has 0 fully saturated rings. The Morgan fingerprint density at radius 2 is 1.85 bits per heavy atom. The molecule has 0 aliphatic carbocycles. The lowest BCUT2D eigenvalue weighted by Crippen LogP contribution is -2.38. The average Bonchev–Trinajstić information content (AvgIpc) is 2.31. The fraction of sp³-hybridized carbons (Fsp3) is 0.364. The zero-order valence-corrected chi connectivity index (χ0v) is 11.6. The van der Waals surface area contributed by atoms with E-state index >= 15 is 0 Å². The number of nitrogens with zero attached hydrogens (tertiary/aromatic N) is 1. The van der Waals surface area contributed by atoms with Crippen LogP contribution >= 0.6 is 0 Å². The van der Waals surface area contributed by atoms with Crippen molar-refractivity contribution in [3.8, 4) is 0 Å². The van der Waals surface area contributed by atoms with Crippen molar-refractivity contribution < 1.29 is 26.4 Å². The number of hydrogen-bond donors (Lipinski definition) is 1. The number of hydrogen-bond acceptors (Lipinski definition) is 3. The minimum absolute atomic E-state index is 0.0964. The molecule has 0 radical (unpaired) electrons. The Kier molecular flexibility index (Phi) is 4.98. The molecular weight excluding hydrogens is 297 g/mol. The quantitative estimate of drug-likeness (QED) is 0.825. The van der Waals surface area contributed by atoms with E-state index in [1.165, 1.54) is 6.92 Å². The first-order valence-electron chi connectivity index (χ1n) is 5.50. The maximum atomic E-state index is 13.6. The lowest BCUT2D eigenvalue weighted by molar-refractivity contribution is -0.118. The Balaban J connectivity index is 3.13. The average molecular weight is 310 g/mol. The van der Waals surface area contributed by atoms with Gasteiger partial charge in [-0.15, -0.1) is 0 Å². The highest BCUT2D eigenvalue weighted by Gasteiger charge is 2.24. The predicted molar refractivity (Wildman–Crippen MR) is 67.2 cm³/mol. The van der Waals surface area contributed by atoms with Crippen LogP contribution in [0, 0.1) is 17.5 Å². The van der Waals surface area contributed by atoms with E-state index in [4.69, 9.17) is 0 Å². The van der Waals surface area contributed by atoms with Crippen LogP contribution in [-0.2, 0) is 14.8 Å². The van der Waals surface area contributed by atoms with Gasteiger partial charge >= 0.3 is 0 Å². The summed E-state index contributed by atoms with van der Waals surface area (Å²) in [7, 11) is -3.92. The minimum atomic E-state index is -3.92. The first-order chi connectivity index (χ1) is 9.14. The standard InChI is InChI=1S/C11H13F3N2O3S/c1-7(17)15-5-6-16(20(2,18)19)9-4-3-8(12)10(13)11(9)14/h3-4H,5-6H2,1-2H3,(H,15,17). The fourth-order valence-electron chi connectivity index (χ4n) is 1.51. The third-order valence-corrected chi connectivity index (χ3v) is 3.55. The van der Waals surface area contributed by atoms with Crippen molar-refractivity contribution in [1.29, 1.82) is 0 Å². The lowest BCUT2D eigenvalue weighted by Gasteiger charge is -2.23. The summed E-state index contributed by atoms with van der Waals surface area (Å²) >= 11 is 0. The molecule has 5 nitrogen and oxygen atoms in total. The summed E-state index contributed by atoms with van der Waals surface area (Å²) < 4.78 is 63.3. The molecule has 1 amide bonds. The molecule has 0 atom stereocenters. The summed E-state index contributed by atoms with van der Waals surface area (Å²) in [5.41, 5.74) is -0.614. The number of halogens is 3. The maximum absolute atomic E-state index is 13.6. The molecule has 9 heteroatoms. The van der Waals surface area contributed by atoms with Crippen LogP contribution in [0.5, 0.6) is 0 Å². The Hall–Kier alpha value is -1.77. The molecule has 0 aliphatic rings. The van der Waals surface area contributed by atoms with Crippen molar-refractivity contribution >= 4 is 21.6 Å². The number of benzene rings is 1. The number of carbonyl (C=O) groups is 1. The van der Waals surface area contributed by atoms with E-state index in [1.807, 2.05) is 0 Å². The van der Waals surface area contributed by atoms with Crippen LogP contribution in [0.3, 0.4) is 0 Å². The van der Waals surface area contributed by atoms with Gasteiger partial charge < -0.3 is 5.32 Å². The highest BCUT2D eigenvalue weighted by Crippen LogP contribution is 2.25. The molecule has 0 unspecified atom stereocenters. The van der Waals surface area contributed by atoms with Crippen LogP contribution < -0.4 is 9.62 Å². The van der Waals surface area contributed by atoms with E-state index in [2.05, 4.69) is 5.32 Å². The van der Waals surface area contributed by atoms with Gasteiger partial charge in [-0.1, -0.05) is 0 Å². The molecule has 1 N–H and O–H groups in total. The lowest BCUT2D eigenvalue weighted by atomic mass is 10.3. The van der Waals surface area contributed by atoms with Crippen molar-refractivity contribution in [3.05, 3.63) is 29.6 Å². The summed E-state index contributed by atoms with van der Waals surface area (Å²) in [5, 5.41) is 2.33.